The second kappa shape index (κ2) is 8.39. The van der Waals surface area contributed by atoms with Crippen molar-refractivity contribution in [3.05, 3.63) is 24.3 Å². The molecule has 17 heavy (non-hydrogen) atoms. The lowest BCUT2D eigenvalue weighted by Gasteiger charge is -2.20. The lowest BCUT2D eigenvalue weighted by molar-refractivity contribution is 0.0791. The molecule has 0 radical (unpaired) electrons. The molecule has 0 saturated heterocycles. The molecule has 1 rings (SSSR count). The average molecular weight is 255 g/mol. The summed E-state index contributed by atoms with van der Waals surface area (Å²) in [4.78, 5) is 1.16. The van der Waals surface area contributed by atoms with Crippen LogP contribution in [0.1, 0.15) is 6.92 Å². The summed E-state index contributed by atoms with van der Waals surface area (Å²) in [5, 5.41) is 3.28. The summed E-state index contributed by atoms with van der Waals surface area (Å²) in [6, 6.07) is 8.08. The fraction of sp³-hybridized carbons (Fsp3) is 0.538. The Hall–Kier alpha value is -0.710. The predicted octanol–water partition coefficient (Wildman–Crippen LogP) is 2.41. The van der Waals surface area contributed by atoms with Crippen molar-refractivity contribution in [1.82, 2.24) is 5.32 Å². The van der Waals surface area contributed by atoms with Crippen LogP contribution in [-0.2, 0) is 4.74 Å². The molecule has 1 atom stereocenters. The maximum Gasteiger partial charge on any atom is 0.134 e. The van der Waals surface area contributed by atoms with Gasteiger partial charge >= 0.3 is 0 Å². The predicted molar refractivity (Wildman–Crippen MR) is 73.1 cm³/mol. The van der Waals surface area contributed by atoms with Crippen LogP contribution < -0.4 is 10.1 Å². The van der Waals surface area contributed by atoms with Gasteiger partial charge in [-0.2, -0.15) is 0 Å². The van der Waals surface area contributed by atoms with Crippen LogP contribution in [0.4, 0.5) is 0 Å². The Morgan fingerprint density at radius 3 is 2.76 bits per heavy atom. The van der Waals surface area contributed by atoms with Gasteiger partial charge in [-0.15, -0.1) is 11.8 Å². The highest BCUT2D eigenvalue weighted by atomic mass is 32.2. The number of methoxy groups -OCH3 is 1. The molecule has 96 valence electrons. The third-order valence-corrected chi connectivity index (χ3v) is 3.11. The molecule has 0 bridgehead atoms. The van der Waals surface area contributed by atoms with E-state index in [2.05, 4.69) is 24.6 Å². The molecule has 0 amide bonds. The van der Waals surface area contributed by atoms with Gasteiger partial charge in [-0.1, -0.05) is 19.1 Å². The molecule has 0 aromatic heterocycles. The second-order valence-electron chi connectivity index (χ2n) is 3.65. The third kappa shape index (κ3) is 4.98. The maximum atomic E-state index is 5.97. The van der Waals surface area contributed by atoms with E-state index in [1.807, 2.05) is 18.2 Å². The van der Waals surface area contributed by atoms with E-state index in [1.165, 1.54) is 0 Å². The minimum absolute atomic E-state index is 0.0493. The molecular formula is C13H21NO2S. The van der Waals surface area contributed by atoms with E-state index < -0.39 is 0 Å². The molecule has 0 aliphatic heterocycles. The Morgan fingerprint density at radius 1 is 1.35 bits per heavy atom. The minimum atomic E-state index is 0.0493. The lowest BCUT2D eigenvalue weighted by Crippen LogP contribution is -2.34. The number of likely N-dealkylation sites (N-methyl/N-ethyl adjacent to an activating group) is 1. The highest BCUT2D eigenvalue weighted by Gasteiger charge is 2.11. The van der Waals surface area contributed by atoms with Crippen molar-refractivity contribution in [2.24, 2.45) is 0 Å². The lowest BCUT2D eigenvalue weighted by atomic mass is 10.3. The van der Waals surface area contributed by atoms with Crippen molar-refractivity contribution in [2.75, 3.05) is 33.1 Å². The Morgan fingerprint density at radius 2 is 2.12 bits per heavy atom. The summed E-state index contributed by atoms with van der Waals surface area (Å²) in [7, 11) is 1.70. The smallest absolute Gasteiger partial charge is 0.134 e. The quantitative estimate of drug-likeness (QED) is 0.723. The van der Waals surface area contributed by atoms with E-state index >= 15 is 0 Å². The number of ether oxygens (including phenoxy) is 2. The molecule has 1 unspecified atom stereocenters. The van der Waals surface area contributed by atoms with E-state index in [1.54, 1.807) is 18.9 Å². The van der Waals surface area contributed by atoms with Gasteiger partial charge in [-0.05, 0) is 24.9 Å². The van der Waals surface area contributed by atoms with E-state index in [0.29, 0.717) is 6.61 Å². The Bertz CT molecular complexity index is 320. The van der Waals surface area contributed by atoms with Crippen LogP contribution in [-0.4, -0.2) is 39.2 Å². The number of nitrogens with one attached hydrogen (secondary N) is 1. The van der Waals surface area contributed by atoms with Gasteiger partial charge in [0.1, 0.15) is 11.9 Å². The number of hydrogen-bond acceptors (Lipinski definition) is 4. The summed E-state index contributed by atoms with van der Waals surface area (Å²) < 4.78 is 11.1. The fourth-order valence-corrected chi connectivity index (χ4v) is 2.05. The molecule has 1 aromatic carbocycles. The summed E-state index contributed by atoms with van der Waals surface area (Å²) in [5.74, 6) is 0.931. The zero-order chi connectivity index (χ0) is 12.5. The summed E-state index contributed by atoms with van der Waals surface area (Å²) in [5.41, 5.74) is 0. The molecule has 0 fully saturated rings. The first-order valence-corrected chi connectivity index (χ1v) is 7.03. The fourth-order valence-electron chi connectivity index (χ4n) is 1.52. The van der Waals surface area contributed by atoms with Crippen LogP contribution in [0.3, 0.4) is 0 Å². The van der Waals surface area contributed by atoms with E-state index in [0.717, 1.165) is 23.7 Å². The zero-order valence-electron chi connectivity index (χ0n) is 10.7. The molecule has 0 spiro atoms. The molecule has 3 nitrogen and oxygen atoms in total. The van der Waals surface area contributed by atoms with Gasteiger partial charge in [0.2, 0.25) is 0 Å². The van der Waals surface area contributed by atoms with Gasteiger partial charge in [-0.25, -0.2) is 0 Å². The first-order valence-electron chi connectivity index (χ1n) is 5.81. The summed E-state index contributed by atoms with van der Waals surface area (Å²) in [6.07, 6.45) is 2.10. The van der Waals surface area contributed by atoms with Gasteiger partial charge in [0.25, 0.3) is 0 Å². The Kier molecular flexibility index (Phi) is 7.08. The Labute approximate surface area is 108 Å². The molecular weight excluding hydrogens is 234 g/mol. The van der Waals surface area contributed by atoms with Gasteiger partial charge in [0, 0.05) is 18.6 Å². The normalized spacial score (nSPS) is 12.4. The van der Waals surface area contributed by atoms with Crippen molar-refractivity contribution in [3.63, 3.8) is 0 Å². The van der Waals surface area contributed by atoms with Crippen LogP contribution >= 0.6 is 11.8 Å². The van der Waals surface area contributed by atoms with Crippen LogP contribution in [0.25, 0.3) is 0 Å². The number of para-hydroxylation sites is 1. The van der Waals surface area contributed by atoms with E-state index in [4.69, 9.17) is 9.47 Å². The van der Waals surface area contributed by atoms with Crippen molar-refractivity contribution >= 4 is 11.8 Å². The zero-order valence-corrected chi connectivity index (χ0v) is 11.5. The van der Waals surface area contributed by atoms with Crippen molar-refractivity contribution in [2.45, 2.75) is 17.9 Å². The molecule has 0 saturated carbocycles. The van der Waals surface area contributed by atoms with Crippen LogP contribution in [0, 0.1) is 0 Å². The van der Waals surface area contributed by atoms with Crippen LogP contribution in [0.5, 0.6) is 5.75 Å². The molecule has 4 heteroatoms. The van der Waals surface area contributed by atoms with Gasteiger partial charge in [-0.3, -0.25) is 0 Å². The third-order valence-electron chi connectivity index (χ3n) is 2.34. The SMILES string of the molecule is CCNCC(COC)Oc1ccccc1SC. The summed E-state index contributed by atoms with van der Waals surface area (Å²) in [6.45, 7) is 4.41. The van der Waals surface area contributed by atoms with Gasteiger partial charge in [0.15, 0.2) is 0 Å². The number of rotatable bonds is 8. The van der Waals surface area contributed by atoms with Crippen LogP contribution in [0.2, 0.25) is 0 Å². The summed E-state index contributed by atoms with van der Waals surface area (Å²) >= 11 is 1.69. The highest BCUT2D eigenvalue weighted by Crippen LogP contribution is 2.27. The molecule has 1 N–H and O–H groups in total. The molecule has 0 aliphatic carbocycles. The van der Waals surface area contributed by atoms with Crippen LogP contribution in [0.15, 0.2) is 29.2 Å². The largest absolute Gasteiger partial charge is 0.486 e. The maximum absolute atomic E-state index is 5.97. The van der Waals surface area contributed by atoms with E-state index in [-0.39, 0.29) is 6.10 Å². The molecule has 0 heterocycles. The van der Waals surface area contributed by atoms with Crippen molar-refractivity contribution in [3.8, 4) is 5.75 Å². The topological polar surface area (TPSA) is 30.5 Å². The van der Waals surface area contributed by atoms with E-state index in [9.17, 15) is 0 Å². The van der Waals surface area contributed by atoms with Crippen molar-refractivity contribution in [1.29, 1.82) is 0 Å². The standard InChI is InChI=1S/C13H21NO2S/c1-4-14-9-11(10-15-2)16-12-7-5-6-8-13(12)17-3/h5-8,11,14H,4,9-10H2,1-3H3. The average Bonchev–Trinajstić information content (AvgIpc) is 2.37. The number of benzene rings is 1. The molecule has 1 aromatic rings. The number of hydrogen-bond donors (Lipinski definition) is 1. The van der Waals surface area contributed by atoms with Crippen molar-refractivity contribution < 1.29 is 9.47 Å². The first-order chi connectivity index (χ1) is 8.31. The second-order valence-corrected chi connectivity index (χ2v) is 4.50. The molecule has 0 aliphatic rings. The number of thioether (sulfide) groups is 1. The van der Waals surface area contributed by atoms with Gasteiger partial charge < -0.3 is 14.8 Å². The minimum Gasteiger partial charge on any atom is -0.486 e. The Balaban J connectivity index is 2.63. The highest BCUT2D eigenvalue weighted by molar-refractivity contribution is 7.98. The monoisotopic (exact) mass is 255 g/mol. The van der Waals surface area contributed by atoms with Gasteiger partial charge in [0.05, 0.1) is 6.61 Å². The first kappa shape index (κ1) is 14.4.